The molecule has 108 valence electrons. The van der Waals surface area contributed by atoms with Crippen molar-refractivity contribution in [1.82, 2.24) is 20.2 Å². The van der Waals surface area contributed by atoms with Gasteiger partial charge >= 0.3 is 0 Å². The second-order valence-electron chi connectivity index (χ2n) is 4.03. The second-order valence-corrected chi connectivity index (χ2v) is 5.09. The van der Waals surface area contributed by atoms with E-state index in [9.17, 15) is 0 Å². The van der Waals surface area contributed by atoms with Crippen molar-refractivity contribution in [2.75, 3.05) is 20.0 Å². The fourth-order valence-corrected chi connectivity index (χ4v) is 2.42. The van der Waals surface area contributed by atoms with E-state index >= 15 is 0 Å². The molecule has 0 spiro atoms. The topological polar surface area (TPSA) is 62.1 Å². The first-order chi connectivity index (χ1) is 9.31. The van der Waals surface area contributed by atoms with Gasteiger partial charge in [-0.15, -0.1) is 11.7 Å². The van der Waals surface area contributed by atoms with Crippen molar-refractivity contribution in [3.05, 3.63) is 12.7 Å². The molecule has 0 aliphatic carbocycles. The fourth-order valence-electron chi connectivity index (χ4n) is 1.53. The first-order valence-corrected chi connectivity index (χ1v) is 7.35. The number of nitrogens with zero attached hydrogens (tertiary/aromatic N) is 4. The van der Waals surface area contributed by atoms with Crippen molar-refractivity contribution in [2.24, 2.45) is 0 Å². The Balaban J connectivity index is 2.30. The molecule has 0 aromatic carbocycles. The highest BCUT2D eigenvalue weighted by molar-refractivity contribution is 7.99. The lowest BCUT2D eigenvalue weighted by Crippen LogP contribution is -2.21. The van der Waals surface area contributed by atoms with Gasteiger partial charge in [-0.2, -0.15) is 0 Å². The standard InChI is InChI=1S/C12H22N4O2S/c1-4-5-6-7-8-9-19-12-13-14-15-16(12)10-11(17-2)18-3/h4,11H,1,5-10H2,2-3H3. The molecule has 0 saturated heterocycles. The lowest BCUT2D eigenvalue weighted by atomic mass is 10.2. The largest absolute Gasteiger partial charge is 0.354 e. The average Bonchev–Trinajstić information content (AvgIpc) is 2.87. The van der Waals surface area contributed by atoms with E-state index in [-0.39, 0.29) is 6.29 Å². The molecule has 0 saturated carbocycles. The molecular weight excluding hydrogens is 264 g/mol. The smallest absolute Gasteiger partial charge is 0.209 e. The van der Waals surface area contributed by atoms with E-state index in [1.807, 2.05) is 6.08 Å². The molecule has 0 fully saturated rings. The fraction of sp³-hybridized carbons (Fsp3) is 0.750. The first-order valence-electron chi connectivity index (χ1n) is 6.37. The summed E-state index contributed by atoms with van der Waals surface area (Å²) < 4.78 is 12.0. The van der Waals surface area contributed by atoms with Gasteiger partial charge in [0.25, 0.3) is 0 Å². The Morgan fingerprint density at radius 1 is 1.32 bits per heavy atom. The maximum absolute atomic E-state index is 5.14. The molecule has 6 nitrogen and oxygen atoms in total. The zero-order valence-electron chi connectivity index (χ0n) is 11.6. The summed E-state index contributed by atoms with van der Waals surface area (Å²) >= 11 is 1.66. The number of hydrogen-bond acceptors (Lipinski definition) is 6. The van der Waals surface area contributed by atoms with E-state index in [0.717, 1.165) is 23.8 Å². The van der Waals surface area contributed by atoms with Crippen LogP contribution in [-0.2, 0) is 16.0 Å². The van der Waals surface area contributed by atoms with Crippen LogP contribution in [0.1, 0.15) is 25.7 Å². The number of ether oxygens (including phenoxy) is 2. The van der Waals surface area contributed by atoms with Gasteiger partial charge in [-0.05, 0) is 29.7 Å². The number of thioether (sulfide) groups is 1. The minimum atomic E-state index is -0.324. The summed E-state index contributed by atoms with van der Waals surface area (Å²) in [6, 6.07) is 0. The quantitative estimate of drug-likeness (QED) is 0.269. The van der Waals surface area contributed by atoms with Crippen molar-refractivity contribution in [3.8, 4) is 0 Å². The zero-order valence-corrected chi connectivity index (χ0v) is 12.4. The van der Waals surface area contributed by atoms with Crippen LogP contribution in [0.25, 0.3) is 0 Å². The van der Waals surface area contributed by atoms with Crippen LogP contribution in [0.5, 0.6) is 0 Å². The van der Waals surface area contributed by atoms with Crippen LogP contribution in [0, 0.1) is 0 Å². The van der Waals surface area contributed by atoms with Crippen LogP contribution in [0.2, 0.25) is 0 Å². The molecule has 0 aliphatic rings. The van der Waals surface area contributed by atoms with Gasteiger partial charge in [0.2, 0.25) is 5.16 Å². The van der Waals surface area contributed by atoms with E-state index in [1.54, 1.807) is 30.7 Å². The van der Waals surface area contributed by atoms with Crippen LogP contribution in [0.3, 0.4) is 0 Å². The molecule has 0 atom stereocenters. The first kappa shape index (κ1) is 16.1. The lowest BCUT2D eigenvalue weighted by Gasteiger charge is -2.13. The van der Waals surface area contributed by atoms with Crippen molar-refractivity contribution < 1.29 is 9.47 Å². The summed E-state index contributed by atoms with van der Waals surface area (Å²) in [6.45, 7) is 4.21. The number of rotatable bonds is 11. The SMILES string of the molecule is C=CCCCCCSc1nnnn1CC(OC)OC. The number of unbranched alkanes of at least 4 members (excludes halogenated alkanes) is 3. The summed E-state index contributed by atoms with van der Waals surface area (Å²) in [4.78, 5) is 0. The van der Waals surface area contributed by atoms with Crippen LogP contribution in [-0.4, -0.2) is 46.5 Å². The summed E-state index contributed by atoms with van der Waals surface area (Å²) in [5, 5.41) is 12.4. The summed E-state index contributed by atoms with van der Waals surface area (Å²) in [6.07, 6.45) is 6.29. The van der Waals surface area contributed by atoms with E-state index in [2.05, 4.69) is 22.1 Å². The highest BCUT2D eigenvalue weighted by Crippen LogP contribution is 2.17. The zero-order chi connectivity index (χ0) is 13.9. The molecule has 1 aromatic rings. The summed E-state index contributed by atoms with van der Waals surface area (Å²) in [5.74, 6) is 1.02. The van der Waals surface area contributed by atoms with Crippen molar-refractivity contribution in [2.45, 2.75) is 43.7 Å². The maximum Gasteiger partial charge on any atom is 0.209 e. The molecule has 0 N–H and O–H groups in total. The molecule has 19 heavy (non-hydrogen) atoms. The molecule has 1 rings (SSSR count). The minimum Gasteiger partial charge on any atom is -0.354 e. The van der Waals surface area contributed by atoms with E-state index in [0.29, 0.717) is 6.54 Å². The third kappa shape index (κ3) is 6.17. The van der Waals surface area contributed by atoms with Gasteiger partial charge in [0.05, 0.1) is 6.54 Å². The third-order valence-corrected chi connectivity index (χ3v) is 3.67. The Hall–Kier alpha value is -0.920. The second kappa shape index (κ2) is 9.94. The number of tetrazole rings is 1. The Kier molecular flexibility index (Phi) is 8.44. The number of aromatic nitrogens is 4. The molecule has 7 heteroatoms. The van der Waals surface area contributed by atoms with Crippen LogP contribution < -0.4 is 0 Å². The monoisotopic (exact) mass is 286 g/mol. The Bertz CT molecular complexity index is 355. The summed E-state index contributed by atoms with van der Waals surface area (Å²) in [7, 11) is 3.20. The van der Waals surface area contributed by atoms with Gasteiger partial charge in [0.15, 0.2) is 6.29 Å². The molecule has 1 heterocycles. The van der Waals surface area contributed by atoms with Gasteiger partial charge < -0.3 is 9.47 Å². The van der Waals surface area contributed by atoms with Crippen molar-refractivity contribution >= 4 is 11.8 Å². The molecular formula is C12H22N4O2S. The molecule has 0 bridgehead atoms. The molecule has 0 amide bonds. The lowest BCUT2D eigenvalue weighted by molar-refractivity contribution is -0.113. The predicted octanol–water partition coefficient (Wildman–Crippen LogP) is 2.13. The van der Waals surface area contributed by atoms with Crippen LogP contribution in [0.4, 0.5) is 0 Å². The number of allylic oxidation sites excluding steroid dienone is 1. The van der Waals surface area contributed by atoms with Crippen LogP contribution in [0.15, 0.2) is 17.8 Å². The number of hydrogen-bond donors (Lipinski definition) is 0. The minimum absolute atomic E-state index is 0.324. The highest BCUT2D eigenvalue weighted by Gasteiger charge is 2.12. The van der Waals surface area contributed by atoms with Gasteiger partial charge in [0, 0.05) is 20.0 Å². The van der Waals surface area contributed by atoms with E-state index in [4.69, 9.17) is 9.47 Å². The normalized spacial score (nSPS) is 11.1. The Morgan fingerprint density at radius 3 is 2.79 bits per heavy atom. The van der Waals surface area contributed by atoms with E-state index < -0.39 is 0 Å². The van der Waals surface area contributed by atoms with Crippen molar-refractivity contribution in [3.63, 3.8) is 0 Å². The van der Waals surface area contributed by atoms with E-state index in [1.165, 1.54) is 12.8 Å². The number of methoxy groups -OCH3 is 2. The molecule has 0 unspecified atom stereocenters. The van der Waals surface area contributed by atoms with Gasteiger partial charge in [-0.3, -0.25) is 0 Å². The van der Waals surface area contributed by atoms with Gasteiger partial charge in [-0.25, -0.2) is 4.68 Å². The predicted molar refractivity (Wildman–Crippen MR) is 75.0 cm³/mol. The highest BCUT2D eigenvalue weighted by atomic mass is 32.2. The summed E-state index contributed by atoms with van der Waals surface area (Å²) in [5.41, 5.74) is 0. The molecule has 0 radical (unpaired) electrons. The Labute approximate surface area is 118 Å². The van der Waals surface area contributed by atoms with Gasteiger partial charge in [0.1, 0.15) is 0 Å². The van der Waals surface area contributed by atoms with Crippen molar-refractivity contribution in [1.29, 1.82) is 0 Å². The van der Waals surface area contributed by atoms with Gasteiger partial charge in [-0.1, -0.05) is 24.3 Å². The molecule has 1 aromatic heterocycles. The third-order valence-electron chi connectivity index (χ3n) is 2.63. The Morgan fingerprint density at radius 2 is 2.11 bits per heavy atom. The van der Waals surface area contributed by atoms with Crippen LogP contribution >= 0.6 is 11.8 Å². The average molecular weight is 286 g/mol. The maximum atomic E-state index is 5.14. The molecule has 0 aliphatic heterocycles.